The summed E-state index contributed by atoms with van der Waals surface area (Å²) in [5.41, 5.74) is 7.28. The fourth-order valence-electron chi connectivity index (χ4n) is 2.16. The Morgan fingerprint density at radius 1 is 1.27 bits per heavy atom. The van der Waals surface area contributed by atoms with Crippen LogP contribution in [0.25, 0.3) is 5.52 Å². The summed E-state index contributed by atoms with van der Waals surface area (Å²) in [5, 5.41) is 10.8. The number of aryl methyl sites for hydroxylation is 1. The molecule has 0 bridgehead atoms. The van der Waals surface area contributed by atoms with E-state index in [2.05, 4.69) is 15.5 Å². The molecule has 0 aliphatic rings. The van der Waals surface area contributed by atoms with Gasteiger partial charge in [0, 0.05) is 13.2 Å². The molecule has 3 N–H and O–H groups in total. The number of fused-ring (bicyclic) bond motifs is 1. The van der Waals surface area contributed by atoms with E-state index in [1.54, 1.807) is 30.8 Å². The summed E-state index contributed by atoms with van der Waals surface area (Å²) in [6.07, 6.45) is 1.75. The van der Waals surface area contributed by atoms with Crippen LogP contribution in [0.3, 0.4) is 0 Å². The molecule has 0 fully saturated rings. The van der Waals surface area contributed by atoms with Crippen LogP contribution in [0, 0.1) is 6.92 Å². The van der Waals surface area contributed by atoms with Crippen LogP contribution < -0.4 is 11.1 Å². The second kappa shape index (κ2) is 4.99. The Morgan fingerprint density at radius 2 is 2.05 bits per heavy atom. The average Bonchev–Trinajstić information content (AvgIpc) is 3.03. The quantitative estimate of drug-likeness (QED) is 0.743. The molecule has 0 saturated carbocycles. The van der Waals surface area contributed by atoms with Crippen molar-refractivity contribution in [1.29, 1.82) is 0 Å². The number of hydrogen-bond acceptors (Lipinski definition) is 4. The van der Waals surface area contributed by atoms with Crippen LogP contribution in [-0.2, 0) is 7.05 Å². The van der Waals surface area contributed by atoms with Crippen molar-refractivity contribution in [3.63, 3.8) is 0 Å². The Hall–Kier alpha value is -3.16. The second-order valence-electron chi connectivity index (χ2n) is 4.85. The third kappa shape index (κ3) is 2.20. The van der Waals surface area contributed by atoms with Gasteiger partial charge >= 0.3 is 0 Å². The number of rotatable bonds is 3. The van der Waals surface area contributed by atoms with Crippen molar-refractivity contribution in [1.82, 2.24) is 19.4 Å². The molecule has 0 saturated heterocycles. The molecule has 112 valence electrons. The van der Waals surface area contributed by atoms with Crippen molar-refractivity contribution in [3.05, 3.63) is 47.5 Å². The number of anilines is 1. The number of carbonyl (C=O) groups excluding carboxylic acids is 2. The van der Waals surface area contributed by atoms with Crippen molar-refractivity contribution in [2.24, 2.45) is 12.8 Å². The number of nitrogens with one attached hydrogen (secondary N) is 1. The van der Waals surface area contributed by atoms with Gasteiger partial charge in [-0.15, -0.1) is 0 Å². The highest BCUT2D eigenvalue weighted by molar-refractivity contribution is 6.08. The van der Waals surface area contributed by atoms with Gasteiger partial charge < -0.3 is 11.1 Å². The van der Waals surface area contributed by atoms with Crippen LogP contribution in [-0.4, -0.2) is 31.2 Å². The number of pyridine rings is 1. The van der Waals surface area contributed by atoms with Crippen LogP contribution in [0.1, 0.15) is 26.7 Å². The highest BCUT2D eigenvalue weighted by atomic mass is 16.2. The average molecular weight is 298 g/mol. The fourth-order valence-corrected chi connectivity index (χ4v) is 2.16. The monoisotopic (exact) mass is 298 g/mol. The second-order valence-corrected chi connectivity index (χ2v) is 4.85. The molecule has 0 spiro atoms. The number of nitrogens with zero attached hydrogens (tertiary/aromatic N) is 4. The van der Waals surface area contributed by atoms with Gasteiger partial charge in [0.05, 0.1) is 16.9 Å². The molecule has 0 unspecified atom stereocenters. The van der Waals surface area contributed by atoms with Crippen LogP contribution in [0.5, 0.6) is 0 Å². The third-order valence-corrected chi connectivity index (χ3v) is 3.41. The summed E-state index contributed by atoms with van der Waals surface area (Å²) in [5.74, 6) is -1.13. The zero-order valence-electron chi connectivity index (χ0n) is 12.1. The van der Waals surface area contributed by atoms with Crippen molar-refractivity contribution in [2.45, 2.75) is 6.92 Å². The van der Waals surface area contributed by atoms with E-state index < -0.39 is 11.8 Å². The molecule has 0 aliphatic heterocycles. The van der Waals surface area contributed by atoms with Gasteiger partial charge in [-0.25, -0.2) is 4.52 Å². The van der Waals surface area contributed by atoms with E-state index in [-0.39, 0.29) is 11.4 Å². The zero-order chi connectivity index (χ0) is 15.9. The molecule has 3 heterocycles. The minimum atomic E-state index is -0.700. The molecule has 0 aliphatic carbocycles. The fraction of sp³-hybridized carbons (Fsp3) is 0.143. The van der Waals surface area contributed by atoms with E-state index in [1.807, 2.05) is 18.2 Å². The summed E-state index contributed by atoms with van der Waals surface area (Å²) >= 11 is 0. The first kappa shape index (κ1) is 13.8. The molecular weight excluding hydrogens is 284 g/mol. The summed E-state index contributed by atoms with van der Waals surface area (Å²) in [6, 6.07) is 7.17. The van der Waals surface area contributed by atoms with E-state index in [0.29, 0.717) is 11.4 Å². The van der Waals surface area contributed by atoms with Crippen molar-refractivity contribution >= 4 is 23.0 Å². The number of amides is 2. The molecule has 3 aromatic heterocycles. The largest absolute Gasteiger partial charge is 0.364 e. The number of nitrogens with two attached hydrogens (primary N) is 1. The highest BCUT2D eigenvalue weighted by Gasteiger charge is 2.21. The summed E-state index contributed by atoms with van der Waals surface area (Å²) in [7, 11) is 1.67. The van der Waals surface area contributed by atoms with Crippen LogP contribution in [0.2, 0.25) is 0 Å². The first-order valence-corrected chi connectivity index (χ1v) is 6.56. The van der Waals surface area contributed by atoms with Gasteiger partial charge in [-0.3, -0.25) is 14.3 Å². The zero-order valence-corrected chi connectivity index (χ0v) is 12.1. The van der Waals surface area contributed by atoms with Gasteiger partial charge in [-0.2, -0.15) is 10.2 Å². The van der Waals surface area contributed by atoms with Crippen molar-refractivity contribution in [2.75, 3.05) is 5.32 Å². The molecule has 0 radical (unpaired) electrons. The number of carbonyl (C=O) groups is 2. The smallest absolute Gasteiger partial charge is 0.276 e. The van der Waals surface area contributed by atoms with Gasteiger partial charge in [0.15, 0.2) is 11.4 Å². The molecule has 22 heavy (non-hydrogen) atoms. The van der Waals surface area contributed by atoms with Crippen LogP contribution in [0.15, 0.2) is 30.5 Å². The van der Waals surface area contributed by atoms with Crippen LogP contribution >= 0.6 is 0 Å². The normalized spacial score (nSPS) is 10.8. The molecule has 0 aromatic carbocycles. The summed E-state index contributed by atoms with van der Waals surface area (Å²) < 4.78 is 3.08. The van der Waals surface area contributed by atoms with Gasteiger partial charge in [0.1, 0.15) is 0 Å². The SMILES string of the molecule is Cc1c(NC(=O)c2cc3ccccn3n2)c(C(N)=O)nn1C. The Labute approximate surface area is 125 Å². The maximum absolute atomic E-state index is 12.3. The van der Waals surface area contributed by atoms with E-state index in [4.69, 9.17) is 5.73 Å². The number of hydrogen-bond donors (Lipinski definition) is 2. The summed E-state index contributed by atoms with van der Waals surface area (Å²) in [4.78, 5) is 23.8. The lowest BCUT2D eigenvalue weighted by Gasteiger charge is -2.03. The van der Waals surface area contributed by atoms with Crippen molar-refractivity contribution < 1.29 is 9.59 Å². The van der Waals surface area contributed by atoms with Crippen LogP contribution in [0.4, 0.5) is 5.69 Å². The van der Waals surface area contributed by atoms with Gasteiger partial charge in [0.2, 0.25) is 0 Å². The predicted octanol–water partition coefficient (Wildman–Crippen LogP) is 0.727. The van der Waals surface area contributed by atoms with E-state index in [0.717, 1.165) is 5.52 Å². The van der Waals surface area contributed by atoms with Gasteiger partial charge in [-0.05, 0) is 25.1 Å². The topological polar surface area (TPSA) is 107 Å². The standard InChI is InChI=1S/C14H14N6O2/c1-8-11(12(13(15)21)18-19(8)2)16-14(22)10-7-9-5-3-4-6-20(9)17-10/h3-7H,1-2H3,(H2,15,21)(H,16,22). The Morgan fingerprint density at radius 3 is 2.73 bits per heavy atom. The van der Waals surface area contributed by atoms with E-state index in [9.17, 15) is 9.59 Å². The molecule has 0 atom stereocenters. The number of aromatic nitrogens is 4. The van der Waals surface area contributed by atoms with E-state index >= 15 is 0 Å². The first-order chi connectivity index (χ1) is 10.5. The minimum Gasteiger partial charge on any atom is -0.364 e. The molecule has 2 amide bonds. The Kier molecular flexibility index (Phi) is 3.13. The van der Waals surface area contributed by atoms with Crippen molar-refractivity contribution in [3.8, 4) is 0 Å². The maximum atomic E-state index is 12.3. The maximum Gasteiger partial charge on any atom is 0.276 e. The predicted molar refractivity (Wildman–Crippen MR) is 79.6 cm³/mol. The van der Waals surface area contributed by atoms with E-state index in [1.165, 1.54) is 4.68 Å². The summed E-state index contributed by atoms with van der Waals surface area (Å²) in [6.45, 7) is 1.73. The first-order valence-electron chi connectivity index (χ1n) is 6.56. The lowest BCUT2D eigenvalue weighted by Crippen LogP contribution is -2.18. The third-order valence-electron chi connectivity index (χ3n) is 3.41. The number of primary amides is 1. The minimum absolute atomic E-state index is 0.0251. The molecule has 3 rings (SSSR count). The Balaban J connectivity index is 1.96. The molecule has 3 aromatic rings. The molecular formula is C14H14N6O2. The highest BCUT2D eigenvalue weighted by Crippen LogP contribution is 2.20. The van der Waals surface area contributed by atoms with Gasteiger partial charge in [-0.1, -0.05) is 6.07 Å². The lowest BCUT2D eigenvalue weighted by molar-refractivity contribution is 0.0995. The lowest BCUT2D eigenvalue weighted by atomic mass is 10.2. The molecule has 8 heteroatoms. The molecule has 8 nitrogen and oxygen atoms in total. The Bertz CT molecular complexity index is 859. The van der Waals surface area contributed by atoms with Gasteiger partial charge in [0.25, 0.3) is 11.8 Å².